The van der Waals surface area contributed by atoms with E-state index in [0.717, 1.165) is 31.7 Å². The van der Waals surface area contributed by atoms with E-state index in [2.05, 4.69) is 10.6 Å². The minimum absolute atomic E-state index is 0.0291. The van der Waals surface area contributed by atoms with Crippen LogP contribution < -0.4 is 21.1 Å². The summed E-state index contributed by atoms with van der Waals surface area (Å²) in [7, 11) is 0. The van der Waals surface area contributed by atoms with Gasteiger partial charge in [0.1, 0.15) is 5.82 Å². The van der Waals surface area contributed by atoms with Gasteiger partial charge in [-0.1, -0.05) is 0 Å². The molecule has 3 rings (SSSR count). The van der Waals surface area contributed by atoms with Gasteiger partial charge in [0.15, 0.2) is 0 Å². The summed E-state index contributed by atoms with van der Waals surface area (Å²) in [5, 5.41) is 26.3. The lowest BCUT2D eigenvalue weighted by atomic mass is 9.93. The van der Waals surface area contributed by atoms with Gasteiger partial charge in [-0.05, 0) is 49.1 Å². The standard InChI is InChI=1S/C16H19FN2O3/c17-10-5-9-8-18-15(7-13(9)14(6-10)16(21)22)19-11-1-3-12(20)4-2-11/h5-8,11-12,15,18-20H,1-4H2,(H,21,22). The van der Waals surface area contributed by atoms with Crippen LogP contribution in [0.1, 0.15) is 36.0 Å². The van der Waals surface area contributed by atoms with Crippen LogP contribution in [-0.4, -0.2) is 34.5 Å². The van der Waals surface area contributed by atoms with Crippen molar-refractivity contribution in [3.63, 3.8) is 0 Å². The summed E-state index contributed by atoms with van der Waals surface area (Å²) in [5.41, 5.74) is -0.0291. The van der Waals surface area contributed by atoms with Crippen LogP contribution in [0.2, 0.25) is 0 Å². The molecule has 0 aromatic heterocycles. The summed E-state index contributed by atoms with van der Waals surface area (Å²) in [6, 6.07) is 2.64. The maximum Gasteiger partial charge on any atom is 0.336 e. The van der Waals surface area contributed by atoms with Gasteiger partial charge in [0.25, 0.3) is 0 Å². The molecule has 1 aliphatic heterocycles. The van der Waals surface area contributed by atoms with Crippen LogP contribution in [0, 0.1) is 5.82 Å². The van der Waals surface area contributed by atoms with Crippen molar-refractivity contribution in [2.45, 2.75) is 44.0 Å². The normalized spacial score (nSPS) is 27.1. The molecule has 0 amide bonds. The number of carboxylic acids is 1. The third kappa shape index (κ3) is 3.13. The number of hydrogen-bond acceptors (Lipinski definition) is 4. The third-order valence-electron chi connectivity index (χ3n) is 4.27. The maximum absolute atomic E-state index is 13.5. The number of aliphatic hydroxyl groups is 1. The summed E-state index contributed by atoms with van der Waals surface area (Å²) in [5.74, 6) is -1.70. The molecule has 1 unspecified atom stereocenters. The predicted molar refractivity (Wildman–Crippen MR) is 79.9 cm³/mol. The zero-order valence-electron chi connectivity index (χ0n) is 12.1. The lowest BCUT2D eigenvalue weighted by Gasteiger charge is -2.30. The molecule has 1 aromatic rings. The molecule has 118 valence electrons. The van der Waals surface area contributed by atoms with E-state index in [-0.39, 0.29) is 23.9 Å². The van der Waals surface area contributed by atoms with Crippen LogP contribution in [0.5, 0.6) is 0 Å². The van der Waals surface area contributed by atoms with Crippen LogP contribution in [-0.2, 0) is 0 Å². The molecule has 1 saturated carbocycles. The number of fused-ring (bicyclic) bond motifs is 1. The third-order valence-corrected chi connectivity index (χ3v) is 4.27. The number of aliphatic hydroxyl groups excluding tert-OH is 1. The van der Waals surface area contributed by atoms with Gasteiger partial charge in [0.2, 0.25) is 0 Å². The van der Waals surface area contributed by atoms with Gasteiger partial charge in [-0.15, -0.1) is 0 Å². The number of carboxylic acid groups (broad SMARTS) is 1. The highest BCUT2D eigenvalue weighted by Gasteiger charge is 2.22. The SMILES string of the molecule is O=C(O)c1cc(F)cc2c1=CC(NC1CCC(O)CC1)NC=2. The fourth-order valence-corrected chi connectivity index (χ4v) is 3.11. The quantitative estimate of drug-likeness (QED) is 0.625. The fourth-order valence-electron chi connectivity index (χ4n) is 3.11. The smallest absolute Gasteiger partial charge is 0.336 e. The topological polar surface area (TPSA) is 81.6 Å². The average Bonchev–Trinajstić information content (AvgIpc) is 2.49. The highest BCUT2D eigenvalue weighted by Crippen LogP contribution is 2.18. The number of rotatable bonds is 3. The van der Waals surface area contributed by atoms with Crippen LogP contribution in [0.15, 0.2) is 12.1 Å². The number of hydrogen-bond donors (Lipinski definition) is 4. The Balaban J connectivity index is 1.84. The molecule has 22 heavy (non-hydrogen) atoms. The molecule has 0 spiro atoms. The van der Waals surface area contributed by atoms with E-state index in [1.54, 1.807) is 12.3 Å². The molecule has 0 radical (unpaired) electrons. The number of carbonyl (C=O) groups is 1. The van der Waals surface area contributed by atoms with E-state index in [4.69, 9.17) is 0 Å². The number of aromatic carboxylic acids is 1. The van der Waals surface area contributed by atoms with Crippen LogP contribution in [0.4, 0.5) is 4.39 Å². The van der Waals surface area contributed by atoms with Crippen molar-refractivity contribution in [3.8, 4) is 0 Å². The summed E-state index contributed by atoms with van der Waals surface area (Å²) >= 11 is 0. The largest absolute Gasteiger partial charge is 0.478 e. The molecule has 1 fully saturated rings. The van der Waals surface area contributed by atoms with E-state index < -0.39 is 11.8 Å². The summed E-state index contributed by atoms with van der Waals surface area (Å²) in [6.07, 6.45) is 6.33. The van der Waals surface area contributed by atoms with Crippen molar-refractivity contribution in [2.75, 3.05) is 0 Å². The first-order chi connectivity index (χ1) is 10.5. The molecule has 0 bridgehead atoms. The maximum atomic E-state index is 13.5. The van der Waals surface area contributed by atoms with Gasteiger partial charge in [-0.3, -0.25) is 5.32 Å². The van der Waals surface area contributed by atoms with Crippen molar-refractivity contribution in [1.82, 2.24) is 10.6 Å². The van der Waals surface area contributed by atoms with Gasteiger partial charge < -0.3 is 15.5 Å². The van der Waals surface area contributed by atoms with Crippen molar-refractivity contribution >= 4 is 18.2 Å². The van der Waals surface area contributed by atoms with Crippen molar-refractivity contribution in [1.29, 1.82) is 0 Å². The Hall–Kier alpha value is -1.92. The van der Waals surface area contributed by atoms with E-state index in [1.165, 1.54) is 6.07 Å². The fraction of sp³-hybridized carbons (Fsp3) is 0.438. The second-order valence-electron chi connectivity index (χ2n) is 5.89. The molecule has 1 aromatic carbocycles. The second kappa shape index (κ2) is 6.06. The Morgan fingerprint density at radius 1 is 1.27 bits per heavy atom. The van der Waals surface area contributed by atoms with E-state index in [0.29, 0.717) is 10.4 Å². The molecule has 6 heteroatoms. The van der Waals surface area contributed by atoms with Crippen LogP contribution in [0.3, 0.4) is 0 Å². The van der Waals surface area contributed by atoms with Gasteiger partial charge in [-0.2, -0.15) is 0 Å². The first kappa shape index (κ1) is 15.0. The van der Waals surface area contributed by atoms with Gasteiger partial charge >= 0.3 is 5.97 Å². The van der Waals surface area contributed by atoms with Crippen LogP contribution in [0.25, 0.3) is 12.3 Å². The molecule has 5 nitrogen and oxygen atoms in total. The van der Waals surface area contributed by atoms with Gasteiger partial charge in [0, 0.05) is 17.5 Å². The Morgan fingerprint density at radius 2 is 2.00 bits per heavy atom. The summed E-state index contributed by atoms with van der Waals surface area (Å²) in [4.78, 5) is 11.3. The molecule has 0 saturated heterocycles. The molecule has 2 aliphatic rings. The minimum atomic E-state index is -1.14. The van der Waals surface area contributed by atoms with Gasteiger partial charge in [0.05, 0.1) is 17.8 Å². The molecule has 1 aliphatic carbocycles. The van der Waals surface area contributed by atoms with Crippen LogP contribution >= 0.6 is 0 Å². The molecule has 1 heterocycles. The van der Waals surface area contributed by atoms with Crippen molar-refractivity contribution in [3.05, 3.63) is 34.0 Å². The highest BCUT2D eigenvalue weighted by molar-refractivity contribution is 5.88. The summed E-state index contributed by atoms with van der Waals surface area (Å²) in [6.45, 7) is 0. The van der Waals surface area contributed by atoms with E-state index >= 15 is 0 Å². The molecule has 4 N–H and O–H groups in total. The van der Waals surface area contributed by atoms with Crippen molar-refractivity contribution in [2.24, 2.45) is 0 Å². The zero-order valence-corrected chi connectivity index (χ0v) is 12.1. The van der Waals surface area contributed by atoms with Gasteiger partial charge in [-0.25, -0.2) is 9.18 Å². The molecule has 1 atom stereocenters. The molecular formula is C16H19FN2O3. The lowest BCUT2D eigenvalue weighted by Crippen LogP contribution is -2.51. The second-order valence-corrected chi connectivity index (χ2v) is 5.89. The number of benzene rings is 1. The summed E-state index contributed by atoms with van der Waals surface area (Å²) < 4.78 is 13.5. The Morgan fingerprint density at radius 3 is 2.68 bits per heavy atom. The minimum Gasteiger partial charge on any atom is -0.478 e. The Kier molecular flexibility index (Phi) is 4.13. The van der Waals surface area contributed by atoms with Crippen molar-refractivity contribution < 1.29 is 19.4 Å². The number of nitrogens with one attached hydrogen (secondary N) is 2. The lowest BCUT2D eigenvalue weighted by molar-refractivity contribution is 0.0694. The van der Waals surface area contributed by atoms with E-state index in [1.807, 2.05) is 0 Å². The highest BCUT2D eigenvalue weighted by atomic mass is 19.1. The predicted octanol–water partition coefficient (Wildman–Crippen LogP) is -0.135. The Labute approximate surface area is 127 Å². The zero-order chi connectivity index (χ0) is 15.7. The molecular weight excluding hydrogens is 287 g/mol. The Bertz CT molecular complexity index is 696. The first-order valence-corrected chi connectivity index (χ1v) is 7.48. The average molecular weight is 306 g/mol. The first-order valence-electron chi connectivity index (χ1n) is 7.48. The monoisotopic (exact) mass is 306 g/mol. The van der Waals surface area contributed by atoms with E-state index in [9.17, 15) is 19.4 Å². The number of halogens is 1.